The number of pyridine rings is 1. The number of hydrogen-bond donors (Lipinski definition) is 0. The molecule has 0 saturated carbocycles. The number of hydrogen-bond acceptors (Lipinski definition) is 6. The number of aromatic nitrogens is 3. The number of fused-ring (bicyclic) bond motifs is 1. The minimum Gasteiger partial charge on any atom is -0.299 e. The Hall–Kier alpha value is -3.98. The van der Waals surface area contributed by atoms with Gasteiger partial charge in [-0.05, 0) is 79.6 Å². The van der Waals surface area contributed by atoms with Crippen LogP contribution in [0, 0.1) is 29.9 Å². The predicted molar refractivity (Wildman–Crippen MR) is 164 cm³/mol. The zero-order valence-electron chi connectivity index (χ0n) is 23.9. The summed E-state index contributed by atoms with van der Waals surface area (Å²) >= 11 is 1.10. The normalized spacial score (nSPS) is 14.8. The number of nitrogens with zero attached hydrogens (tertiary/aromatic N) is 5. The van der Waals surface area contributed by atoms with Crippen LogP contribution in [-0.4, -0.2) is 46.4 Å². The van der Waals surface area contributed by atoms with Crippen LogP contribution in [0.4, 0.5) is 8.78 Å². The Kier molecular flexibility index (Phi) is 7.62. The van der Waals surface area contributed by atoms with Gasteiger partial charge in [-0.2, -0.15) is 5.26 Å². The molecule has 1 aliphatic heterocycles. The van der Waals surface area contributed by atoms with Crippen LogP contribution in [0.3, 0.4) is 0 Å². The molecule has 0 radical (unpaired) electrons. The van der Waals surface area contributed by atoms with Crippen LogP contribution < -0.4 is 0 Å². The molecule has 1 fully saturated rings. The van der Waals surface area contributed by atoms with Gasteiger partial charge in [-0.15, -0.1) is 11.3 Å². The summed E-state index contributed by atoms with van der Waals surface area (Å²) in [5, 5.41) is 10.1. The first-order chi connectivity index (χ1) is 20.6. The number of nitriles is 1. The number of piperidine rings is 1. The Balaban J connectivity index is 1.39. The smallest absolute Gasteiger partial charge is 0.211 e. The first kappa shape index (κ1) is 29.1. The maximum Gasteiger partial charge on any atom is 0.211 e. The lowest BCUT2D eigenvalue weighted by molar-refractivity contribution is 0.321. The molecule has 6 rings (SSSR count). The highest BCUT2D eigenvalue weighted by Crippen LogP contribution is 2.39. The van der Waals surface area contributed by atoms with E-state index in [0.29, 0.717) is 57.3 Å². The Morgan fingerprint density at radius 2 is 1.72 bits per heavy atom. The summed E-state index contributed by atoms with van der Waals surface area (Å²) in [5.41, 5.74) is 5.95. The summed E-state index contributed by atoms with van der Waals surface area (Å²) in [6.07, 6.45) is 5.41. The number of benzene rings is 2. The van der Waals surface area contributed by atoms with E-state index in [-0.39, 0.29) is 5.92 Å². The molecule has 2 aromatic carbocycles. The number of rotatable bonds is 6. The summed E-state index contributed by atoms with van der Waals surface area (Å²) in [6.45, 7) is 4.72. The molecular weight excluding hydrogens is 589 g/mol. The fourth-order valence-corrected chi connectivity index (χ4v) is 7.60. The topological polar surface area (TPSA) is 91.4 Å². The van der Waals surface area contributed by atoms with Gasteiger partial charge in [0.15, 0.2) is 0 Å². The van der Waals surface area contributed by atoms with Crippen molar-refractivity contribution >= 4 is 27.0 Å². The van der Waals surface area contributed by atoms with Crippen LogP contribution in [0.15, 0.2) is 54.7 Å². The van der Waals surface area contributed by atoms with Crippen LogP contribution in [0.25, 0.3) is 38.7 Å². The minimum atomic E-state index is -3.21. The molecule has 1 aliphatic rings. The maximum atomic E-state index is 16.1. The van der Waals surface area contributed by atoms with Crippen LogP contribution in [0.1, 0.15) is 47.4 Å². The first-order valence-electron chi connectivity index (χ1n) is 14.0. The van der Waals surface area contributed by atoms with Crippen LogP contribution >= 0.6 is 11.3 Å². The van der Waals surface area contributed by atoms with E-state index in [1.807, 2.05) is 23.5 Å². The molecule has 0 spiro atoms. The second-order valence-electron chi connectivity index (χ2n) is 10.8. The van der Waals surface area contributed by atoms with Gasteiger partial charge >= 0.3 is 0 Å². The van der Waals surface area contributed by atoms with E-state index in [0.717, 1.165) is 46.8 Å². The quantitative estimate of drug-likeness (QED) is 0.206. The molecule has 3 aromatic heterocycles. The number of aryl methyl sites for hydroxylation is 1. The van der Waals surface area contributed by atoms with Crippen molar-refractivity contribution in [3.05, 3.63) is 88.1 Å². The second kappa shape index (κ2) is 11.3. The molecule has 0 N–H and O–H groups in total. The van der Waals surface area contributed by atoms with Crippen molar-refractivity contribution in [1.82, 2.24) is 18.7 Å². The Bertz CT molecular complexity index is 2000. The molecular formula is C32H29F2N5O2S2. The zero-order chi connectivity index (χ0) is 30.5. The summed E-state index contributed by atoms with van der Waals surface area (Å²) in [7, 11) is -3.21. The van der Waals surface area contributed by atoms with Gasteiger partial charge < -0.3 is 0 Å². The Morgan fingerprint density at radius 1 is 1.02 bits per heavy atom. The largest absolute Gasteiger partial charge is 0.299 e. The summed E-state index contributed by atoms with van der Waals surface area (Å²) in [5.74, 6) is -0.613. The summed E-state index contributed by atoms with van der Waals surface area (Å²) < 4.78 is 57.1. The number of imidazole rings is 1. The highest BCUT2D eigenvalue weighted by molar-refractivity contribution is 7.88. The van der Waals surface area contributed by atoms with Gasteiger partial charge in [-0.3, -0.25) is 4.40 Å². The van der Waals surface area contributed by atoms with E-state index in [1.165, 1.54) is 22.7 Å². The monoisotopic (exact) mass is 617 g/mol. The zero-order valence-corrected chi connectivity index (χ0v) is 25.6. The molecule has 11 heteroatoms. The average Bonchev–Trinajstić information content (AvgIpc) is 3.60. The van der Waals surface area contributed by atoms with Crippen molar-refractivity contribution in [3.8, 4) is 39.2 Å². The van der Waals surface area contributed by atoms with E-state index in [1.54, 1.807) is 25.1 Å². The fourth-order valence-electron chi connectivity index (χ4n) is 5.83. The Morgan fingerprint density at radius 3 is 2.37 bits per heavy atom. The summed E-state index contributed by atoms with van der Waals surface area (Å²) in [4.78, 5) is 9.75. The number of thiazole rings is 1. The molecule has 220 valence electrons. The first-order valence-corrected chi connectivity index (χ1v) is 16.7. The fraction of sp³-hybridized carbons (Fsp3) is 0.281. The van der Waals surface area contributed by atoms with Gasteiger partial charge in [-0.25, -0.2) is 31.5 Å². The SMILES string of the molecule is CCc1nc2ccc(C3CCN(S(C)(=O)=O)CC3)cn2c1-c1ccc(-c2nc(-c3ccc(F)cc3)c(C#N)s2)c(F)c1C. The lowest BCUT2D eigenvalue weighted by Gasteiger charge is -2.30. The van der Waals surface area contributed by atoms with Crippen LogP contribution in [0.5, 0.6) is 0 Å². The predicted octanol–water partition coefficient (Wildman–Crippen LogP) is 6.95. The van der Waals surface area contributed by atoms with Crippen molar-refractivity contribution in [2.75, 3.05) is 19.3 Å². The summed E-state index contributed by atoms with van der Waals surface area (Å²) in [6, 6.07) is 15.4. The van der Waals surface area contributed by atoms with Crippen molar-refractivity contribution in [2.45, 2.75) is 39.0 Å². The van der Waals surface area contributed by atoms with Crippen molar-refractivity contribution in [1.29, 1.82) is 5.26 Å². The van der Waals surface area contributed by atoms with Gasteiger partial charge in [0.25, 0.3) is 0 Å². The average molecular weight is 618 g/mol. The molecule has 0 bridgehead atoms. The molecule has 0 amide bonds. The Labute approximate surface area is 253 Å². The van der Waals surface area contributed by atoms with Crippen LogP contribution in [0.2, 0.25) is 0 Å². The molecule has 7 nitrogen and oxygen atoms in total. The van der Waals surface area contributed by atoms with E-state index in [2.05, 4.69) is 23.3 Å². The minimum absolute atomic E-state index is 0.206. The molecule has 0 atom stereocenters. The second-order valence-corrected chi connectivity index (χ2v) is 13.8. The van der Waals surface area contributed by atoms with E-state index < -0.39 is 21.7 Å². The van der Waals surface area contributed by atoms with Gasteiger partial charge in [0.2, 0.25) is 10.0 Å². The highest BCUT2D eigenvalue weighted by Gasteiger charge is 2.27. The van der Waals surface area contributed by atoms with Crippen molar-refractivity contribution in [2.24, 2.45) is 0 Å². The third-order valence-electron chi connectivity index (χ3n) is 8.16. The van der Waals surface area contributed by atoms with Gasteiger partial charge in [-0.1, -0.05) is 19.1 Å². The maximum absolute atomic E-state index is 16.1. The standard InChI is InChI=1S/C32H29F2N5O2S2/c1-4-26-31(39-18-22(7-12-28(39)36-26)20-13-15-38(16-14-20)43(3,40)41)24-10-11-25(29(34)19(24)2)32-37-30(27(17-35)42-32)21-5-8-23(33)9-6-21/h5-12,18,20H,4,13-16H2,1-3H3. The third kappa shape index (κ3) is 5.35. The van der Waals surface area contributed by atoms with Gasteiger partial charge in [0.05, 0.1) is 23.3 Å². The van der Waals surface area contributed by atoms with E-state index in [4.69, 9.17) is 4.98 Å². The van der Waals surface area contributed by atoms with Crippen molar-refractivity contribution in [3.63, 3.8) is 0 Å². The van der Waals surface area contributed by atoms with Gasteiger partial charge in [0.1, 0.15) is 33.2 Å². The lowest BCUT2D eigenvalue weighted by Crippen LogP contribution is -2.37. The van der Waals surface area contributed by atoms with Gasteiger partial charge in [0, 0.05) is 36.0 Å². The van der Waals surface area contributed by atoms with Crippen LogP contribution in [-0.2, 0) is 16.4 Å². The molecule has 5 aromatic rings. The number of sulfonamides is 1. The highest BCUT2D eigenvalue weighted by atomic mass is 32.2. The lowest BCUT2D eigenvalue weighted by atomic mass is 9.91. The van der Waals surface area contributed by atoms with E-state index in [9.17, 15) is 18.1 Å². The molecule has 1 saturated heterocycles. The van der Waals surface area contributed by atoms with Crippen molar-refractivity contribution < 1.29 is 17.2 Å². The third-order valence-corrected chi connectivity index (χ3v) is 10.5. The molecule has 43 heavy (non-hydrogen) atoms. The van der Waals surface area contributed by atoms with E-state index >= 15 is 4.39 Å². The molecule has 0 unspecified atom stereocenters. The molecule has 4 heterocycles. The number of halogens is 2. The molecule has 0 aliphatic carbocycles.